The number of nitrogens with zero attached hydrogens (tertiary/aromatic N) is 1. The van der Waals surface area contributed by atoms with Crippen molar-refractivity contribution in [2.45, 2.75) is 17.8 Å². The first kappa shape index (κ1) is 17.9. The van der Waals surface area contributed by atoms with Crippen LogP contribution in [0.4, 0.5) is 4.79 Å². The maximum atomic E-state index is 12.6. The second kappa shape index (κ2) is 6.99. The van der Waals surface area contributed by atoms with Gasteiger partial charge < -0.3 is 10.1 Å². The van der Waals surface area contributed by atoms with Gasteiger partial charge in [0.25, 0.3) is 0 Å². The van der Waals surface area contributed by atoms with Crippen molar-refractivity contribution in [1.29, 1.82) is 0 Å². The van der Waals surface area contributed by atoms with Crippen LogP contribution in [-0.4, -0.2) is 35.4 Å². The van der Waals surface area contributed by atoms with Crippen LogP contribution in [0.5, 0.6) is 0 Å². The van der Waals surface area contributed by atoms with Crippen LogP contribution in [0.15, 0.2) is 40.5 Å². The van der Waals surface area contributed by atoms with Gasteiger partial charge in [0, 0.05) is 7.05 Å². The highest BCUT2D eigenvalue weighted by Crippen LogP contribution is 2.46. The minimum absolute atomic E-state index is 0.0152. The SMILES string of the molecule is CCOC(=O)C1(Cl)C(=C(Cl)Cl)N(C)C(=O)NC1c1ccccc1. The minimum Gasteiger partial charge on any atom is -0.464 e. The Morgan fingerprint density at radius 3 is 2.48 bits per heavy atom. The van der Waals surface area contributed by atoms with E-state index in [1.165, 1.54) is 7.05 Å². The topological polar surface area (TPSA) is 58.6 Å². The van der Waals surface area contributed by atoms with E-state index in [0.29, 0.717) is 5.56 Å². The summed E-state index contributed by atoms with van der Waals surface area (Å²) in [5, 5.41) is 2.70. The van der Waals surface area contributed by atoms with Crippen LogP contribution >= 0.6 is 34.8 Å². The molecule has 0 radical (unpaired) electrons. The largest absolute Gasteiger partial charge is 0.464 e. The summed E-state index contributed by atoms with van der Waals surface area (Å²) < 4.78 is 4.83. The number of alkyl halides is 1. The van der Waals surface area contributed by atoms with Crippen LogP contribution in [0.2, 0.25) is 0 Å². The number of amides is 2. The van der Waals surface area contributed by atoms with Crippen molar-refractivity contribution >= 4 is 46.8 Å². The highest BCUT2D eigenvalue weighted by Gasteiger charge is 2.56. The predicted molar refractivity (Wildman–Crippen MR) is 89.4 cm³/mol. The van der Waals surface area contributed by atoms with E-state index < -0.39 is 22.9 Å². The Morgan fingerprint density at radius 1 is 1.35 bits per heavy atom. The van der Waals surface area contributed by atoms with Gasteiger partial charge in [0.1, 0.15) is 4.49 Å². The summed E-state index contributed by atoms with van der Waals surface area (Å²) in [7, 11) is 1.42. The molecule has 2 rings (SSSR count). The van der Waals surface area contributed by atoms with Gasteiger partial charge in [-0.2, -0.15) is 0 Å². The molecular formula is C15H15Cl3N2O3. The lowest BCUT2D eigenvalue weighted by Crippen LogP contribution is -2.60. The van der Waals surface area contributed by atoms with Crippen molar-refractivity contribution in [1.82, 2.24) is 10.2 Å². The fourth-order valence-corrected chi connectivity index (χ4v) is 3.58. The standard InChI is InChI=1S/C15H15Cl3N2O3/c1-3-23-13(21)15(18)10(9-7-5-4-6-8-9)19-14(22)20(2)11(15)12(16)17/h4-8,10H,3H2,1-2H3,(H,19,22). The molecule has 1 aliphatic heterocycles. The third-order valence-corrected chi connectivity index (χ3v) is 4.44. The van der Waals surface area contributed by atoms with E-state index in [1.807, 2.05) is 6.07 Å². The first-order valence-corrected chi connectivity index (χ1v) is 7.98. The molecule has 5 nitrogen and oxygen atoms in total. The number of urea groups is 1. The number of rotatable bonds is 3. The second-order valence-corrected chi connectivity index (χ2v) is 6.44. The van der Waals surface area contributed by atoms with Crippen molar-refractivity contribution in [3.05, 3.63) is 46.1 Å². The summed E-state index contributed by atoms with van der Waals surface area (Å²) >= 11 is 18.5. The van der Waals surface area contributed by atoms with Crippen molar-refractivity contribution in [2.75, 3.05) is 13.7 Å². The van der Waals surface area contributed by atoms with E-state index in [0.717, 1.165) is 4.90 Å². The Labute approximate surface area is 149 Å². The molecule has 8 heteroatoms. The fourth-order valence-electron chi connectivity index (χ4n) is 2.48. The Hall–Kier alpha value is -1.43. The van der Waals surface area contributed by atoms with Gasteiger partial charge in [0.05, 0.1) is 18.3 Å². The van der Waals surface area contributed by atoms with Crippen LogP contribution < -0.4 is 5.32 Å². The van der Waals surface area contributed by atoms with Gasteiger partial charge in [-0.15, -0.1) is 0 Å². The quantitative estimate of drug-likeness (QED) is 0.647. The Kier molecular flexibility index (Phi) is 5.45. The molecule has 1 fully saturated rings. The number of nitrogens with one attached hydrogen (secondary N) is 1. The smallest absolute Gasteiger partial charge is 0.335 e. The average Bonchev–Trinajstić information content (AvgIpc) is 2.51. The zero-order valence-corrected chi connectivity index (χ0v) is 14.7. The lowest BCUT2D eigenvalue weighted by Gasteiger charge is -2.43. The lowest BCUT2D eigenvalue weighted by molar-refractivity contribution is -0.146. The zero-order valence-electron chi connectivity index (χ0n) is 12.5. The number of ether oxygens (including phenoxy) is 1. The Bertz CT molecular complexity index is 647. The molecule has 1 heterocycles. The summed E-state index contributed by atoms with van der Waals surface area (Å²) in [6.07, 6.45) is 0. The molecular weight excluding hydrogens is 363 g/mol. The van der Waals surface area contributed by atoms with Crippen LogP contribution in [0.3, 0.4) is 0 Å². The number of halogens is 3. The number of carbonyl (C=O) groups is 2. The van der Waals surface area contributed by atoms with E-state index in [-0.39, 0.29) is 16.8 Å². The van der Waals surface area contributed by atoms with Crippen LogP contribution in [0, 0.1) is 0 Å². The Morgan fingerprint density at radius 2 is 1.96 bits per heavy atom. The lowest BCUT2D eigenvalue weighted by atomic mass is 9.87. The van der Waals surface area contributed by atoms with E-state index >= 15 is 0 Å². The molecule has 1 N–H and O–H groups in total. The number of esters is 1. The van der Waals surface area contributed by atoms with E-state index in [9.17, 15) is 9.59 Å². The zero-order chi connectivity index (χ0) is 17.2. The van der Waals surface area contributed by atoms with Gasteiger partial charge in [0.2, 0.25) is 4.87 Å². The summed E-state index contributed by atoms with van der Waals surface area (Å²) in [6, 6.07) is 7.48. The second-order valence-electron chi connectivity index (χ2n) is 4.89. The first-order valence-electron chi connectivity index (χ1n) is 6.85. The molecule has 2 amide bonds. The van der Waals surface area contributed by atoms with Gasteiger partial charge >= 0.3 is 12.0 Å². The highest BCUT2D eigenvalue weighted by atomic mass is 35.5. The molecule has 1 aromatic carbocycles. The van der Waals surface area contributed by atoms with Crippen molar-refractivity contribution in [2.24, 2.45) is 0 Å². The third kappa shape index (κ3) is 3.13. The molecule has 0 spiro atoms. The summed E-state index contributed by atoms with van der Waals surface area (Å²) in [5.74, 6) is -0.740. The minimum atomic E-state index is -1.78. The molecule has 0 aromatic heterocycles. The normalized spacial score (nSPS) is 24.2. The molecule has 1 saturated heterocycles. The maximum Gasteiger partial charge on any atom is 0.335 e. The maximum absolute atomic E-state index is 12.6. The summed E-state index contributed by atoms with van der Waals surface area (Å²) in [4.78, 5) is 24.1. The first-order chi connectivity index (χ1) is 10.8. The number of carbonyl (C=O) groups excluding carboxylic acids is 2. The Balaban J connectivity index is 2.65. The molecule has 1 aliphatic rings. The number of hydrogen-bond acceptors (Lipinski definition) is 3. The molecule has 0 saturated carbocycles. The molecule has 1 aromatic rings. The van der Waals surface area contributed by atoms with E-state index in [1.54, 1.807) is 31.2 Å². The third-order valence-electron chi connectivity index (χ3n) is 3.53. The monoisotopic (exact) mass is 376 g/mol. The summed E-state index contributed by atoms with van der Waals surface area (Å²) in [6.45, 7) is 1.78. The average molecular weight is 378 g/mol. The molecule has 2 unspecified atom stereocenters. The summed E-state index contributed by atoms with van der Waals surface area (Å²) in [5.41, 5.74) is 0.614. The van der Waals surface area contributed by atoms with Crippen molar-refractivity contribution < 1.29 is 14.3 Å². The van der Waals surface area contributed by atoms with Gasteiger partial charge in [0.15, 0.2) is 0 Å². The van der Waals surface area contributed by atoms with Gasteiger partial charge in [-0.3, -0.25) is 4.90 Å². The molecule has 124 valence electrons. The van der Waals surface area contributed by atoms with Crippen LogP contribution in [0.1, 0.15) is 18.5 Å². The number of benzene rings is 1. The van der Waals surface area contributed by atoms with Crippen LogP contribution in [-0.2, 0) is 9.53 Å². The van der Waals surface area contributed by atoms with Crippen molar-refractivity contribution in [3.8, 4) is 0 Å². The van der Waals surface area contributed by atoms with E-state index in [2.05, 4.69) is 5.32 Å². The predicted octanol–water partition coefficient (Wildman–Crippen LogP) is 3.57. The van der Waals surface area contributed by atoms with Gasteiger partial charge in [-0.05, 0) is 12.5 Å². The molecule has 0 aliphatic carbocycles. The van der Waals surface area contributed by atoms with Gasteiger partial charge in [-0.25, -0.2) is 9.59 Å². The highest BCUT2D eigenvalue weighted by molar-refractivity contribution is 6.57. The van der Waals surface area contributed by atoms with Gasteiger partial charge in [-0.1, -0.05) is 65.1 Å². The van der Waals surface area contributed by atoms with Crippen LogP contribution in [0.25, 0.3) is 0 Å². The molecule has 2 atom stereocenters. The molecule has 23 heavy (non-hydrogen) atoms. The molecule has 0 bridgehead atoms. The number of hydrogen-bond donors (Lipinski definition) is 1. The fraction of sp³-hybridized carbons (Fsp3) is 0.333. The van der Waals surface area contributed by atoms with Crippen molar-refractivity contribution in [3.63, 3.8) is 0 Å². The van der Waals surface area contributed by atoms with E-state index in [4.69, 9.17) is 39.5 Å².